The lowest BCUT2D eigenvalue weighted by Gasteiger charge is -2.29. The summed E-state index contributed by atoms with van der Waals surface area (Å²) in [6.45, 7) is 3.36. The van der Waals surface area contributed by atoms with Crippen molar-refractivity contribution in [1.82, 2.24) is 14.8 Å². The number of para-hydroxylation sites is 1. The Balaban J connectivity index is 1.70. The van der Waals surface area contributed by atoms with E-state index < -0.39 is 0 Å². The van der Waals surface area contributed by atoms with Gasteiger partial charge in [0.25, 0.3) is 0 Å². The standard InChI is InChI=1S/C16H20N4O2S/c1-2-9-20-15(22)17-18-16(20)23-11-14(21)19-10-5-7-12-6-3-4-8-13(12)19/h3-4,6,8H,2,5,7,9-11H2,1H3,(H,17,22). The van der Waals surface area contributed by atoms with Crippen LogP contribution in [0.25, 0.3) is 0 Å². The highest BCUT2D eigenvalue weighted by Crippen LogP contribution is 2.27. The van der Waals surface area contributed by atoms with Crippen LogP contribution in [0.5, 0.6) is 0 Å². The van der Waals surface area contributed by atoms with Crippen molar-refractivity contribution in [2.24, 2.45) is 0 Å². The number of benzene rings is 1. The van der Waals surface area contributed by atoms with E-state index in [1.807, 2.05) is 30.0 Å². The van der Waals surface area contributed by atoms with Crippen molar-refractivity contribution in [3.63, 3.8) is 0 Å². The minimum absolute atomic E-state index is 0.0562. The molecule has 2 aromatic rings. The lowest BCUT2D eigenvalue weighted by Crippen LogP contribution is -2.36. The third kappa shape index (κ3) is 3.34. The number of aromatic nitrogens is 3. The average molecular weight is 332 g/mol. The highest BCUT2D eigenvalue weighted by atomic mass is 32.2. The first-order chi connectivity index (χ1) is 11.2. The highest BCUT2D eigenvalue weighted by molar-refractivity contribution is 7.99. The Labute approximate surface area is 138 Å². The van der Waals surface area contributed by atoms with Gasteiger partial charge in [0.2, 0.25) is 5.91 Å². The Morgan fingerprint density at radius 2 is 2.22 bits per heavy atom. The van der Waals surface area contributed by atoms with E-state index in [4.69, 9.17) is 0 Å². The van der Waals surface area contributed by atoms with Crippen molar-refractivity contribution in [2.45, 2.75) is 37.9 Å². The summed E-state index contributed by atoms with van der Waals surface area (Å²) in [4.78, 5) is 26.1. The van der Waals surface area contributed by atoms with E-state index in [1.54, 1.807) is 4.57 Å². The molecule has 0 unspecified atom stereocenters. The first-order valence-corrected chi connectivity index (χ1v) is 8.85. The maximum Gasteiger partial charge on any atom is 0.343 e. The molecule has 0 saturated carbocycles. The Kier molecular flexibility index (Phi) is 4.85. The fraction of sp³-hybridized carbons (Fsp3) is 0.438. The molecule has 1 amide bonds. The molecule has 0 aliphatic carbocycles. The SMILES string of the molecule is CCCn1c(SCC(=O)N2CCCc3ccccc32)n[nH]c1=O. The van der Waals surface area contributed by atoms with Crippen molar-refractivity contribution in [3.05, 3.63) is 40.3 Å². The summed E-state index contributed by atoms with van der Waals surface area (Å²) >= 11 is 1.31. The minimum atomic E-state index is -0.217. The molecule has 0 radical (unpaired) electrons. The summed E-state index contributed by atoms with van der Waals surface area (Å²) in [6, 6.07) is 8.05. The first-order valence-electron chi connectivity index (χ1n) is 7.87. The fourth-order valence-corrected chi connectivity index (χ4v) is 3.68. The van der Waals surface area contributed by atoms with E-state index in [0.29, 0.717) is 11.7 Å². The van der Waals surface area contributed by atoms with Crippen LogP contribution in [0.3, 0.4) is 0 Å². The van der Waals surface area contributed by atoms with Gasteiger partial charge in [-0.2, -0.15) is 0 Å². The Bertz CT molecular complexity index is 753. The molecule has 1 aliphatic rings. The Morgan fingerprint density at radius 1 is 1.39 bits per heavy atom. The van der Waals surface area contributed by atoms with Crippen LogP contribution in [0.1, 0.15) is 25.3 Å². The van der Waals surface area contributed by atoms with E-state index in [2.05, 4.69) is 16.3 Å². The molecule has 1 N–H and O–H groups in total. The van der Waals surface area contributed by atoms with E-state index in [-0.39, 0.29) is 17.3 Å². The number of nitrogens with one attached hydrogen (secondary N) is 1. The number of nitrogens with zero attached hydrogens (tertiary/aromatic N) is 3. The van der Waals surface area contributed by atoms with Gasteiger partial charge in [-0.3, -0.25) is 9.36 Å². The smallest absolute Gasteiger partial charge is 0.311 e. The molecular formula is C16H20N4O2S. The number of amides is 1. The molecule has 23 heavy (non-hydrogen) atoms. The zero-order valence-electron chi connectivity index (χ0n) is 13.1. The highest BCUT2D eigenvalue weighted by Gasteiger charge is 2.22. The molecular weight excluding hydrogens is 312 g/mol. The van der Waals surface area contributed by atoms with Crippen molar-refractivity contribution < 1.29 is 4.79 Å². The van der Waals surface area contributed by atoms with Gasteiger partial charge in [0.05, 0.1) is 5.75 Å². The minimum Gasteiger partial charge on any atom is -0.311 e. The van der Waals surface area contributed by atoms with Gasteiger partial charge in [0.15, 0.2) is 5.16 Å². The van der Waals surface area contributed by atoms with E-state index in [9.17, 15) is 9.59 Å². The fourth-order valence-electron chi connectivity index (χ4n) is 2.83. The molecule has 3 rings (SSSR count). The molecule has 0 bridgehead atoms. The molecule has 1 aromatic heterocycles. The number of carbonyl (C=O) groups excluding carboxylic acids is 1. The summed E-state index contributed by atoms with van der Waals surface area (Å²) in [5.41, 5.74) is 2.02. The number of hydrogen-bond acceptors (Lipinski definition) is 4. The molecule has 0 saturated heterocycles. The lowest BCUT2D eigenvalue weighted by atomic mass is 10.0. The van der Waals surface area contributed by atoms with Gasteiger partial charge in [-0.1, -0.05) is 36.9 Å². The number of fused-ring (bicyclic) bond motifs is 1. The topological polar surface area (TPSA) is 71.0 Å². The molecule has 0 atom stereocenters. The van der Waals surface area contributed by atoms with Crippen LogP contribution in [0.2, 0.25) is 0 Å². The van der Waals surface area contributed by atoms with Gasteiger partial charge in [-0.25, -0.2) is 9.89 Å². The number of thioether (sulfide) groups is 1. The summed E-state index contributed by atoms with van der Waals surface area (Å²) in [5.74, 6) is 0.336. The molecule has 0 spiro atoms. The number of hydrogen-bond donors (Lipinski definition) is 1. The second kappa shape index (κ2) is 7.04. The predicted octanol–water partition coefficient (Wildman–Crippen LogP) is 2.05. The molecule has 1 aliphatic heterocycles. The Morgan fingerprint density at radius 3 is 3.04 bits per heavy atom. The third-order valence-corrected chi connectivity index (χ3v) is 4.87. The van der Waals surface area contributed by atoms with Gasteiger partial charge in [0, 0.05) is 18.8 Å². The summed E-state index contributed by atoms with van der Waals surface area (Å²) < 4.78 is 1.59. The maximum absolute atomic E-state index is 12.6. The molecule has 122 valence electrons. The van der Waals surface area contributed by atoms with Gasteiger partial charge in [0.1, 0.15) is 0 Å². The second-order valence-corrected chi connectivity index (χ2v) is 6.47. The monoisotopic (exact) mass is 332 g/mol. The largest absolute Gasteiger partial charge is 0.343 e. The number of aromatic amines is 1. The van der Waals surface area contributed by atoms with Gasteiger partial charge in [-0.15, -0.1) is 5.10 Å². The molecule has 0 fully saturated rings. The Hall–Kier alpha value is -2.02. The zero-order chi connectivity index (χ0) is 16.2. The van der Waals surface area contributed by atoms with Gasteiger partial charge < -0.3 is 4.90 Å². The normalized spacial score (nSPS) is 13.9. The number of carbonyl (C=O) groups is 1. The zero-order valence-corrected chi connectivity index (χ0v) is 13.9. The third-order valence-electron chi connectivity index (χ3n) is 3.91. The summed E-state index contributed by atoms with van der Waals surface area (Å²) in [6.07, 6.45) is 2.85. The molecule has 2 heterocycles. The van der Waals surface area contributed by atoms with Crippen LogP contribution in [0, 0.1) is 0 Å². The van der Waals surface area contributed by atoms with Crippen LogP contribution in [-0.2, 0) is 17.8 Å². The van der Waals surface area contributed by atoms with Crippen LogP contribution >= 0.6 is 11.8 Å². The van der Waals surface area contributed by atoms with Crippen LogP contribution in [0.15, 0.2) is 34.2 Å². The van der Waals surface area contributed by atoms with Crippen molar-refractivity contribution in [2.75, 3.05) is 17.2 Å². The molecule has 1 aromatic carbocycles. The first kappa shape index (κ1) is 15.9. The van der Waals surface area contributed by atoms with Gasteiger partial charge in [-0.05, 0) is 30.9 Å². The number of rotatable bonds is 5. The van der Waals surface area contributed by atoms with Gasteiger partial charge >= 0.3 is 5.69 Å². The van der Waals surface area contributed by atoms with Crippen molar-refractivity contribution in [1.29, 1.82) is 0 Å². The number of aryl methyl sites for hydroxylation is 1. The number of anilines is 1. The van der Waals surface area contributed by atoms with Crippen molar-refractivity contribution in [3.8, 4) is 0 Å². The predicted molar refractivity (Wildman–Crippen MR) is 91.0 cm³/mol. The number of H-pyrrole nitrogens is 1. The van der Waals surface area contributed by atoms with Crippen molar-refractivity contribution >= 4 is 23.4 Å². The lowest BCUT2D eigenvalue weighted by molar-refractivity contribution is -0.116. The van der Waals surface area contributed by atoms with E-state index >= 15 is 0 Å². The second-order valence-electron chi connectivity index (χ2n) is 5.53. The maximum atomic E-state index is 12.6. The summed E-state index contributed by atoms with van der Waals surface area (Å²) in [5, 5.41) is 7.05. The van der Waals surface area contributed by atoms with Crippen LogP contribution < -0.4 is 10.6 Å². The van der Waals surface area contributed by atoms with E-state index in [1.165, 1.54) is 17.3 Å². The summed E-state index contributed by atoms with van der Waals surface area (Å²) in [7, 11) is 0. The van der Waals surface area contributed by atoms with E-state index in [0.717, 1.165) is 31.5 Å². The quantitative estimate of drug-likeness (QED) is 0.851. The van der Waals surface area contributed by atoms with Crippen LogP contribution in [-0.4, -0.2) is 33.0 Å². The molecule has 7 heteroatoms. The van der Waals surface area contributed by atoms with Crippen LogP contribution in [0.4, 0.5) is 5.69 Å². The average Bonchev–Trinajstić information content (AvgIpc) is 2.93. The molecule has 6 nitrogen and oxygen atoms in total.